The molecule has 0 radical (unpaired) electrons. The highest BCUT2D eigenvalue weighted by Crippen LogP contribution is 2.35. The Morgan fingerprint density at radius 2 is 1.66 bits per heavy atom. The molecule has 218 valence electrons. The monoisotopic (exact) mass is 572 g/mol. The van der Waals surface area contributed by atoms with Crippen LogP contribution in [0.25, 0.3) is 0 Å². The van der Waals surface area contributed by atoms with E-state index in [1.807, 2.05) is 19.1 Å². The number of carbonyl (C=O) groups is 2. The lowest BCUT2D eigenvalue weighted by molar-refractivity contribution is -0.141. The molecule has 0 N–H and O–H groups in total. The fourth-order valence-corrected chi connectivity index (χ4v) is 5.41. The van der Waals surface area contributed by atoms with E-state index in [1.165, 1.54) is 6.07 Å². The second-order valence-electron chi connectivity index (χ2n) is 10.8. The quantitative estimate of drug-likeness (QED) is 0.280. The number of carbonyl (C=O) groups excluding carboxylic acids is 2. The van der Waals surface area contributed by atoms with Crippen LogP contribution < -0.4 is 9.80 Å². The number of hydrogen-bond donors (Lipinski definition) is 0. The molecule has 7 nitrogen and oxygen atoms in total. The van der Waals surface area contributed by atoms with Crippen molar-refractivity contribution >= 4 is 23.4 Å². The zero-order valence-electron chi connectivity index (χ0n) is 22.8. The molecule has 2 saturated heterocycles. The molecule has 2 aliphatic rings. The van der Waals surface area contributed by atoms with E-state index in [2.05, 4.69) is 9.88 Å². The molecule has 1 unspecified atom stereocenters. The maximum atomic E-state index is 13.9. The molecule has 2 aromatic carbocycles. The number of amides is 1. The van der Waals surface area contributed by atoms with Gasteiger partial charge in [0.05, 0.1) is 6.42 Å². The number of alkyl halides is 3. The second kappa shape index (κ2) is 11.9. The molecular formula is C30H32F4N4O3. The lowest BCUT2D eigenvalue weighted by Gasteiger charge is -2.36. The molecule has 3 aromatic rings. The fourth-order valence-electron chi connectivity index (χ4n) is 5.41. The van der Waals surface area contributed by atoms with Crippen molar-refractivity contribution in [2.75, 3.05) is 49.1 Å². The van der Waals surface area contributed by atoms with Gasteiger partial charge in [-0.3, -0.25) is 9.59 Å². The summed E-state index contributed by atoms with van der Waals surface area (Å²) in [5.74, 6) is -1.77. The van der Waals surface area contributed by atoms with Crippen LogP contribution in [0.2, 0.25) is 0 Å². The van der Waals surface area contributed by atoms with Crippen molar-refractivity contribution in [3.8, 4) is 0 Å². The van der Waals surface area contributed by atoms with Crippen molar-refractivity contribution in [2.45, 2.75) is 38.8 Å². The molecule has 2 fully saturated rings. The van der Waals surface area contributed by atoms with E-state index in [4.69, 9.17) is 4.42 Å². The number of piperidine rings is 1. The van der Waals surface area contributed by atoms with E-state index < -0.39 is 29.2 Å². The summed E-state index contributed by atoms with van der Waals surface area (Å²) in [5.41, 5.74) is 0.513. The van der Waals surface area contributed by atoms with Crippen molar-refractivity contribution in [1.29, 1.82) is 0 Å². The third-order valence-corrected chi connectivity index (χ3v) is 7.66. The first-order valence-electron chi connectivity index (χ1n) is 13.8. The summed E-state index contributed by atoms with van der Waals surface area (Å²) >= 11 is 0. The number of nitrogens with zero attached hydrogens (tertiary/aromatic N) is 4. The molecule has 1 aromatic heterocycles. The van der Waals surface area contributed by atoms with Gasteiger partial charge in [0.1, 0.15) is 5.82 Å². The first kappa shape index (κ1) is 28.6. The lowest BCUT2D eigenvalue weighted by Crippen LogP contribution is -2.49. The number of anilines is 2. The van der Waals surface area contributed by atoms with Gasteiger partial charge in [-0.05, 0) is 48.1 Å². The van der Waals surface area contributed by atoms with Crippen LogP contribution in [0.1, 0.15) is 47.1 Å². The second-order valence-corrected chi connectivity index (χ2v) is 10.8. The van der Waals surface area contributed by atoms with Gasteiger partial charge < -0.3 is 19.1 Å². The normalized spacial score (nSPS) is 18.1. The van der Waals surface area contributed by atoms with Crippen molar-refractivity contribution < 1.29 is 31.6 Å². The van der Waals surface area contributed by atoms with Crippen LogP contribution in [0.5, 0.6) is 0 Å². The summed E-state index contributed by atoms with van der Waals surface area (Å²) < 4.78 is 60.5. The van der Waals surface area contributed by atoms with Crippen molar-refractivity contribution in [1.82, 2.24) is 9.88 Å². The molecule has 5 rings (SSSR count). The van der Waals surface area contributed by atoms with E-state index >= 15 is 0 Å². The van der Waals surface area contributed by atoms with Gasteiger partial charge in [0.2, 0.25) is 17.5 Å². The summed E-state index contributed by atoms with van der Waals surface area (Å²) in [4.78, 5) is 34.8. The number of piperazine rings is 1. The maximum Gasteiger partial charge on any atom is 0.437 e. The Bertz CT molecular complexity index is 1380. The van der Waals surface area contributed by atoms with E-state index in [-0.39, 0.29) is 24.8 Å². The highest BCUT2D eigenvalue weighted by atomic mass is 19.4. The van der Waals surface area contributed by atoms with Crippen LogP contribution in [0.15, 0.2) is 52.9 Å². The molecule has 2 aliphatic heterocycles. The van der Waals surface area contributed by atoms with Gasteiger partial charge in [-0.1, -0.05) is 37.3 Å². The Balaban J connectivity index is 1.20. The third-order valence-electron chi connectivity index (χ3n) is 7.66. The highest BCUT2D eigenvalue weighted by molar-refractivity contribution is 5.96. The van der Waals surface area contributed by atoms with Crippen LogP contribution in [-0.4, -0.2) is 60.8 Å². The Morgan fingerprint density at radius 3 is 2.32 bits per heavy atom. The van der Waals surface area contributed by atoms with Crippen LogP contribution >= 0.6 is 0 Å². The first-order chi connectivity index (χ1) is 19.6. The number of Topliss-reactive ketones (excluding diaryl/α,β-unsaturated/α-hetero) is 1. The van der Waals surface area contributed by atoms with E-state index in [9.17, 15) is 27.2 Å². The van der Waals surface area contributed by atoms with Crippen molar-refractivity contribution in [3.05, 3.63) is 76.9 Å². The number of aromatic nitrogens is 1. The molecule has 1 atom stereocenters. The zero-order chi connectivity index (χ0) is 29.1. The molecule has 0 bridgehead atoms. The summed E-state index contributed by atoms with van der Waals surface area (Å²) in [6.07, 6.45) is -3.26. The minimum Gasteiger partial charge on any atom is -0.420 e. The van der Waals surface area contributed by atoms with Gasteiger partial charge in [-0.25, -0.2) is 4.39 Å². The Labute approximate surface area is 235 Å². The largest absolute Gasteiger partial charge is 0.437 e. The summed E-state index contributed by atoms with van der Waals surface area (Å²) in [7, 11) is 0. The Kier molecular flexibility index (Phi) is 8.32. The van der Waals surface area contributed by atoms with Crippen LogP contribution in [-0.2, 0) is 23.8 Å². The predicted molar refractivity (Wildman–Crippen MR) is 145 cm³/mol. The average Bonchev–Trinajstić information content (AvgIpc) is 3.42. The van der Waals surface area contributed by atoms with Gasteiger partial charge in [0.25, 0.3) is 6.01 Å². The van der Waals surface area contributed by atoms with Gasteiger partial charge in [-0.2, -0.15) is 18.2 Å². The minimum atomic E-state index is -4.81. The summed E-state index contributed by atoms with van der Waals surface area (Å²) in [6.45, 7) is 5.20. The molecule has 0 aliphatic carbocycles. The highest BCUT2D eigenvalue weighted by Gasteiger charge is 2.42. The minimum absolute atomic E-state index is 0.00921. The van der Waals surface area contributed by atoms with Crippen LogP contribution in [0, 0.1) is 11.7 Å². The van der Waals surface area contributed by atoms with Crippen molar-refractivity contribution in [2.24, 2.45) is 5.92 Å². The Morgan fingerprint density at radius 1 is 0.951 bits per heavy atom. The number of ketones is 1. The van der Waals surface area contributed by atoms with Gasteiger partial charge in [0, 0.05) is 51.4 Å². The molecule has 3 heterocycles. The van der Waals surface area contributed by atoms with Gasteiger partial charge in [-0.15, -0.1) is 0 Å². The SMILES string of the molecule is CC1CCCN(c2nc(C(F)(F)F)c(C(=O)Cc3ccc(N4CCN(C(=O)Cc5ccccc5F)CC4)cc3)o2)C1. The molecule has 11 heteroatoms. The number of hydrogen-bond acceptors (Lipinski definition) is 6. The van der Waals surface area contributed by atoms with Crippen LogP contribution in [0.3, 0.4) is 0 Å². The smallest absolute Gasteiger partial charge is 0.420 e. The average molecular weight is 573 g/mol. The van der Waals surface area contributed by atoms with Gasteiger partial charge >= 0.3 is 6.18 Å². The predicted octanol–water partition coefficient (Wildman–Crippen LogP) is 5.39. The molecule has 0 spiro atoms. The van der Waals surface area contributed by atoms with Crippen LogP contribution in [0.4, 0.5) is 29.3 Å². The maximum absolute atomic E-state index is 13.9. The summed E-state index contributed by atoms with van der Waals surface area (Å²) in [6, 6.07) is 13.1. The number of rotatable bonds is 7. The molecular weight excluding hydrogens is 540 g/mol. The molecule has 1 amide bonds. The zero-order valence-corrected chi connectivity index (χ0v) is 22.8. The topological polar surface area (TPSA) is 69.9 Å². The number of halogens is 4. The Hall–Kier alpha value is -3.89. The van der Waals surface area contributed by atoms with E-state index in [0.717, 1.165) is 18.5 Å². The van der Waals surface area contributed by atoms with Gasteiger partial charge in [0.15, 0.2) is 5.69 Å². The summed E-state index contributed by atoms with van der Waals surface area (Å²) in [5, 5.41) is 0. The van der Waals surface area contributed by atoms with Crippen molar-refractivity contribution in [3.63, 3.8) is 0 Å². The standard InChI is InChI=1S/C30H32F4N4O3/c1-20-5-4-12-38(19-20)29-35-28(30(32,33)34)27(41-29)25(39)17-21-8-10-23(11-9-21)36-13-15-37(16-14-36)26(40)18-22-6-2-3-7-24(22)31/h2-3,6-11,20H,4-5,12-19H2,1H3. The number of benzene rings is 2. The fraction of sp³-hybridized carbons (Fsp3) is 0.433. The van der Waals surface area contributed by atoms with E-state index in [1.54, 1.807) is 40.1 Å². The first-order valence-corrected chi connectivity index (χ1v) is 13.8. The lowest BCUT2D eigenvalue weighted by atomic mass is 10.0. The molecule has 41 heavy (non-hydrogen) atoms. The third kappa shape index (κ3) is 6.71. The number of oxazole rings is 1. The molecule has 0 saturated carbocycles. The van der Waals surface area contributed by atoms with E-state index in [0.29, 0.717) is 56.3 Å².